The van der Waals surface area contributed by atoms with E-state index < -0.39 is 18.0 Å². The number of amides is 2. The first-order chi connectivity index (χ1) is 10.5. The Morgan fingerprint density at radius 1 is 1.32 bits per heavy atom. The number of carbonyl (C=O) groups excluding carboxylic acids is 2. The van der Waals surface area contributed by atoms with Crippen LogP contribution in [0.3, 0.4) is 0 Å². The molecule has 0 aliphatic carbocycles. The van der Waals surface area contributed by atoms with E-state index in [2.05, 4.69) is 10.3 Å². The molecule has 1 aromatic carbocycles. The lowest BCUT2D eigenvalue weighted by Gasteiger charge is -2.16. The standard InChI is InChI=1S/C16H21N3O3/c1-10(2)9-22-16(21)19-14(15(17)20)7-11-8-18-13-6-4-3-5-12(11)13/h3-6,8,10,14,18H,7,9H2,1-2H3,(H2,17,20)(H,19,21)/t14-/m1/s1. The fourth-order valence-corrected chi connectivity index (χ4v) is 2.17. The first-order valence-electron chi connectivity index (χ1n) is 7.25. The first-order valence-corrected chi connectivity index (χ1v) is 7.25. The second kappa shape index (κ2) is 6.98. The van der Waals surface area contributed by atoms with Crippen LogP contribution < -0.4 is 11.1 Å². The number of rotatable bonds is 6. The average molecular weight is 303 g/mol. The van der Waals surface area contributed by atoms with Gasteiger partial charge in [-0.25, -0.2) is 4.79 Å². The fourth-order valence-electron chi connectivity index (χ4n) is 2.17. The number of ether oxygens (including phenoxy) is 1. The van der Waals surface area contributed by atoms with E-state index in [1.807, 2.05) is 44.3 Å². The number of nitrogens with one attached hydrogen (secondary N) is 2. The molecule has 1 atom stereocenters. The van der Waals surface area contributed by atoms with Gasteiger partial charge in [0, 0.05) is 23.5 Å². The number of aromatic amines is 1. The van der Waals surface area contributed by atoms with Gasteiger partial charge in [-0.3, -0.25) is 4.79 Å². The normalized spacial score (nSPS) is 12.3. The molecule has 118 valence electrons. The van der Waals surface area contributed by atoms with Crippen LogP contribution in [0.2, 0.25) is 0 Å². The molecule has 6 heteroatoms. The molecule has 0 bridgehead atoms. The number of para-hydroxylation sites is 1. The van der Waals surface area contributed by atoms with Gasteiger partial charge in [0.25, 0.3) is 0 Å². The van der Waals surface area contributed by atoms with Gasteiger partial charge < -0.3 is 20.8 Å². The minimum atomic E-state index is -0.807. The van der Waals surface area contributed by atoms with Crippen molar-refractivity contribution in [2.24, 2.45) is 11.7 Å². The summed E-state index contributed by atoms with van der Waals surface area (Å²) in [6.07, 6.45) is 1.51. The number of benzene rings is 1. The summed E-state index contributed by atoms with van der Waals surface area (Å²) in [5, 5.41) is 3.53. The van der Waals surface area contributed by atoms with Crippen molar-refractivity contribution in [3.8, 4) is 0 Å². The highest BCUT2D eigenvalue weighted by Gasteiger charge is 2.21. The van der Waals surface area contributed by atoms with E-state index in [1.165, 1.54) is 0 Å². The molecule has 0 unspecified atom stereocenters. The molecule has 2 rings (SSSR count). The van der Waals surface area contributed by atoms with Crippen molar-refractivity contribution in [3.63, 3.8) is 0 Å². The molecule has 0 saturated carbocycles. The third kappa shape index (κ3) is 4.00. The molecule has 6 nitrogen and oxygen atoms in total. The Morgan fingerprint density at radius 3 is 2.73 bits per heavy atom. The molecule has 4 N–H and O–H groups in total. The van der Waals surface area contributed by atoms with Crippen LogP contribution in [0.5, 0.6) is 0 Å². The maximum absolute atomic E-state index is 11.7. The lowest BCUT2D eigenvalue weighted by molar-refractivity contribution is -0.119. The van der Waals surface area contributed by atoms with Crippen LogP contribution in [0.4, 0.5) is 4.79 Å². The van der Waals surface area contributed by atoms with E-state index in [0.29, 0.717) is 13.0 Å². The Labute approximate surface area is 129 Å². The lowest BCUT2D eigenvalue weighted by atomic mass is 10.0. The molecule has 2 aromatic rings. The summed E-state index contributed by atoms with van der Waals surface area (Å²) in [6.45, 7) is 4.17. The summed E-state index contributed by atoms with van der Waals surface area (Å²) in [5.41, 5.74) is 7.28. The maximum atomic E-state index is 11.7. The Bertz CT molecular complexity index is 663. The zero-order valence-electron chi connectivity index (χ0n) is 12.8. The van der Waals surface area contributed by atoms with E-state index in [9.17, 15) is 9.59 Å². The summed E-state index contributed by atoms with van der Waals surface area (Å²) < 4.78 is 5.03. The largest absolute Gasteiger partial charge is 0.449 e. The van der Waals surface area contributed by atoms with Gasteiger partial charge in [0.1, 0.15) is 6.04 Å². The van der Waals surface area contributed by atoms with Crippen molar-refractivity contribution in [3.05, 3.63) is 36.0 Å². The molecule has 22 heavy (non-hydrogen) atoms. The molecule has 0 fully saturated rings. The highest BCUT2D eigenvalue weighted by molar-refractivity contribution is 5.87. The van der Waals surface area contributed by atoms with Gasteiger partial charge in [0.05, 0.1) is 6.61 Å². The first kappa shape index (κ1) is 15.9. The van der Waals surface area contributed by atoms with Crippen LogP contribution in [0.1, 0.15) is 19.4 Å². The van der Waals surface area contributed by atoms with Gasteiger partial charge in [0.2, 0.25) is 5.91 Å². The van der Waals surface area contributed by atoms with E-state index in [1.54, 1.807) is 0 Å². The molecule has 0 spiro atoms. The summed E-state index contributed by atoms with van der Waals surface area (Å²) in [6, 6.07) is 6.94. The third-order valence-electron chi connectivity index (χ3n) is 3.28. The number of alkyl carbamates (subject to hydrolysis) is 1. The van der Waals surface area contributed by atoms with Crippen molar-refractivity contribution in [2.45, 2.75) is 26.3 Å². The molecule has 1 aromatic heterocycles. The number of carbonyl (C=O) groups is 2. The minimum absolute atomic E-state index is 0.228. The second-order valence-corrected chi connectivity index (χ2v) is 5.66. The SMILES string of the molecule is CC(C)COC(=O)N[C@H](Cc1c[nH]c2ccccc12)C(N)=O. The molecular formula is C16H21N3O3. The molecular weight excluding hydrogens is 282 g/mol. The monoisotopic (exact) mass is 303 g/mol. The zero-order chi connectivity index (χ0) is 16.1. The predicted molar refractivity (Wildman–Crippen MR) is 84.3 cm³/mol. The number of H-pyrrole nitrogens is 1. The molecule has 0 radical (unpaired) electrons. The van der Waals surface area contributed by atoms with Crippen molar-refractivity contribution in [1.29, 1.82) is 0 Å². The van der Waals surface area contributed by atoms with Crippen LogP contribution in [0.15, 0.2) is 30.5 Å². The fraction of sp³-hybridized carbons (Fsp3) is 0.375. The minimum Gasteiger partial charge on any atom is -0.449 e. The summed E-state index contributed by atoms with van der Waals surface area (Å²) in [7, 11) is 0. The number of hydrogen-bond donors (Lipinski definition) is 3. The number of fused-ring (bicyclic) bond motifs is 1. The summed E-state index contributed by atoms with van der Waals surface area (Å²) in [5.74, 6) is -0.363. The van der Waals surface area contributed by atoms with E-state index in [-0.39, 0.29) is 5.92 Å². The van der Waals surface area contributed by atoms with Crippen LogP contribution in [-0.2, 0) is 16.0 Å². The Balaban J connectivity index is 2.06. The van der Waals surface area contributed by atoms with Crippen molar-refractivity contribution >= 4 is 22.9 Å². The smallest absolute Gasteiger partial charge is 0.407 e. The highest BCUT2D eigenvalue weighted by Crippen LogP contribution is 2.19. The molecule has 0 aliphatic rings. The molecule has 2 amide bonds. The summed E-state index contributed by atoms with van der Waals surface area (Å²) >= 11 is 0. The molecule has 0 aliphatic heterocycles. The summed E-state index contributed by atoms with van der Waals surface area (Å²) in [4.78, 5) is 26.4. The lowest BCUT2D eigenvalue weighted by Crippen LogP contribution is -2.46. The van der Waals surface area contributed by atoms with E-state index in [4.69, 9.17) is 10.5 Å². The van der Waals surface area contributed by atoms with Crippen LogP contribution in [0.25, 0.3) is 10.9 Å². The number of nitrogens with two attached hydrogens (primary N) is 1. The van der Waals surface area contributed by atoms with Gasteiger partial charge >= 0.3 is 6.09 Å². The zero-order valence-corrected chi connectivity index (χ0v) is 12.8. The number of hydrogen-bond acceptors (Lipinski definition) is 3. The van der Waals surface area contributed by atoms with Crippen LogP contribution in [-0.4, -0.2) is 29.6 Å². The number of primary amides is 1. The van der Waals surface area contributed by atoms with Gasteiger partial charge in [-0.2, -0.15) is 0 Å². The van der Waals surface area contributed by atoms with Crippen molar-refractivity contribution in [2.75, 3.05) is 6.61 Å². The maximum Gasteiger partial charge on any atom is 0.407 e. The van der Waals surface area contributed by atoms with Crippen molar-refractivity contribution in [1.82, 2.24) is 10.3 Å². The molecule has 1 heterocycles. The Morgan fingerprint density at radius 2 is 2.05 bits per heavy atom. The van der Waals surface area contributed by atoms with Crippen LogP contribution >= 0.6 is 0 Å². The van der Waals surface area contributed by atoms with E-state index in [0.717, 1.165) is 16.5 Å². The van der Waals surface area contributed by atoms with E-state index >= 15 is 0 Å². The van der Waals surface area contributed by atoms with Crippen molar-refractivity contribution < 1.29 is 14.3 Å². The Hall–Kier alpha value is -2.50. The number of aromatic nitrogens is 1. The second-order valence-electron chi connectivity index (χ2n) is 5.66. The quantitative estimate of drug-likeness (QED) is 0.760. The molecule has 0 saturated heterocycles. The Kier molecular flexibility index (Phi) is 5.04. The van der Waals surface area contributed by atoms with Gasteiger partial charge in [-0.15, -0.1) is 0 Å². The van der Waals surface area contributed by atoms with Gasteiger partial charge in [-0.1, -0.05) is 32.0 Å². The topological polar surface area (TPSA) is 97.2 Å². The van der Waals surface area contributed by atoms with Crippen LogP contribution in [0, 0.1) is 5.92 Å². The third-order valence-corrected chi connectivity index (χ3v) is 3.28. The highest BCUT2D eigenvalue weighted by atomic mass is 16.5. The van der Waals surface area contributed by atoms with Gasteiger partial charge in [-0.05, 0) is 17.5 Å². The van der Waals surface area contributed by atoms with Gasteiger partial charge in [0.15, 0.2) is 0 Å². The average Bonchev–Trinajstić information content (AvgIpc) is 2.87. The predicted octanol–water partition coefficient (Wildman–Crippen LogP) is 1.95.